The zero-order chi connectivity index (χ0) is 28.2. The van der Waals surface area contributed by atoms with E-state index in [1.165, 1.54) is 6.07 Å². The van der Waals surface area contributed by atoms with Crippen LogP contribution in [-0.2, 0) is 24.3 Å². The summed E-state index contributed by atoms with van der Waals surface area (Å²) in [6, 6.07) is 26.0. The van der Waals surface area contributed by atoms with E-state index in [4.69, 9.17) is 24.5 Å². The number of methoxy groups -OCH3 is 1. The maximum atomic E-state index is 14.3. The predicted octanol–water partition coefficient (Wildman–Crippen LogP) is 6.47. The van der Waals surface area contributed by atoms with Crippen molar-refractivity contribution < 1.29 is 18.6 Å². The second kappa shape index (κ2) is 11.8. The average Bonchev–Trinajstić information content (AvgIpc) is 3.65. The highest BCUT2D eigenvalue weighted by Gasteiger charge is 2.21. The lowest BCUT2D eigenvalue weighted by atomic mass is 10.0. The first-order valence-electron chi connectivity index (χ1n) is 13.6. The summed E-state index contributed by atoms with van der Waals surface area (Å²) < 4.78 is 34.1. The normalized spacial score (nSPS) is 14.7. The number of benzene rings is 3. The van der Waals surface area contributed by atoms with E-state index in [1.54, 1.807) is 25.3 Å². The molecule has 1 saturated heterocycles. The molecule has 0 amide bonds. The van der Waals surface area contributed by atoms with Gasteiger partial charge in [-0.25, -0.2) is 14.4 Å². The lowest BCUT2D eigenvalue weighted by Gasteiger charge is -2.16. The molecule has 0 saturated carbocycles. The van der Waals surface area contributed by atoms with Gasteiger partial charge in [0.2, 0.25) is 5.88 Å². The summed E-state index contributed by atoms with van der Waals surface area (Å²) in [4.78, 5) is 9.59. The van der Waals surface area contributed by atoms with Crippen LogP contribution in [0.5, 0.6) is 11.6 Å². The van der Waals surface area contributed by atoms with Crippen LogP contribution >= 0.6 is 0 Å². The van der Waals surface area contributed by atoms with E-state index >= 15 is 0 Å². The van der Waals surface area contributed by atoms with Crippen LogP contribution in [-0.4, -0.2) is 34.4 Å². The number of ether oxygens (including phenoxy) is 3. The number of hydrogen-bond donors (Lipinski definition) is 0. The third-order valence-corrected chi connectivity index (χ3v) is 7.36. The Morgan fingerprint density at radius 1 is 1.02 bits per heavy atom. The number of pyridine rings is 1. The van der Waals surface area contributed by atoms with Crippen molar-refractivity contribution >= 4 is 11.0 Å². The van der Waals surface area contributed by atoms with Crippen molar-refractivity contribution in [1.29, 1.82) is 5.26 Å². The largest absolute Gasteiger partial charge is 0.496 e. The Morgan fingerprint density at radius 3 is 2.71 bits per heavy atom. The fraction of sp³-hybridized carbons (Fsp3) is 0.242. The van der Waals surface area contributed by atoms with Crippen molar-refractivity contribution in [3.63, 3.8) is 0 Å². The molecule has 0 aliphatic carbocycles. The topological polar surface area (TPSA) is 82.2 Å². The van der Waals surface area contributed by atoms with Gasteiger partial charge in [0.15, 0.2) is 0 Å². The van der Waals surface area contributed by atoms with Crippen molar-refractivity contribution in [2.45, 2.75) is 38.5 Å². The van der Waals surface area contributed by atoms with Gasteiger partial charge in [0.25, 0.3) is 0 Å². The van der Waals surface area contributed by atoms with Gasteiger partial charge in [-0.15, -0.1) is 0 Å². The molecule has 6 rings (SSSR count). The summed E-state index contributed by atoms with van der Waals surface area (Å²) in [5, 5.41) is 8.95. The molecule has 7 nitrogen and oxygen atoms in total. The van der Waals surface area contributed by atoms with Gasteiger partial charge in [-0.2, -0.15) is 5.26 Å². The Kier molecular flexibility index (Phi) is 7.61. The zero-order valence-electron chi connectivity index (χ0n) is 22.7. The summed E-state index contributed by atoms with van der Waals surface area (Å²) >= 11 is 0. The molecule has 206 valence electrons. The van der Waals surface area contributed by atoms with Crippen LogP contribution in [0, 0.1) is 17.1 Å². The van der Waals surface area contributed by atoms with Gasteiger partial charge in [-0.1, -0.05) is 36.4 Å². The predicted molar refractivity (Wildman–Crippen MR) is 153 cm³/mol. The summed E-state index contributed by atoms with van der Waals surface area (Å²) in [7, 11) is 1.66. The minimum atomic E-state index is -0.482. The molecule has 8 heteroatoms. The molecule has 0 spiro atoms. The van der Waals surface area contributed by atoms with E-state index < -0.39 is 5.82 Å². The van der Waals surface area contributed by atoms with Gasteiger partial charge in [0.1, 0.15) is 24.0 Å². The van der Waals surface area contributed by atoms with E-state index in [-0.39, 0.29) is 18.3 Å². The molecule has 1 unspecified atom stereocenters. The molecule has 1 aliphatic heterocycles. The van der Waals surface area contributed by atoms with E-state index in [2.05, 4.69) is 15.6 Å². The number of fused-ring (bicyclic) bond motifs is 1. The maximum absolute atomic E-state index is 14.3. The number of nitriles is 1. The summed E-state index contributed by atoms with van der Waals surface area (Å²) in [5.41, 5.74) is 5.29. The van der Waals surface area contributed by atoms with Crippen LogP contribution < -0.4 is 9.47 Å². The minimum absolute atomic E-state index is 0.00313. The number of halogens is 1. The first kappa shape index (κ1) is 26.5. The van der Waals surface area contributed by atoms with Gasteiger partial charge in [0.05, 0.1) is 48.1 Å². The Bertz CT molecular complexity index is 1740. The number of para-hydroxylation sites is 2. The lowest BCUT2D eigenvalue weighted by molar-refractivity contribution is 0.0973. The van der Waals surface area contributed by atoms with Gasteiger partial charge in [-0.3, -0.25) is 0 Å². The van der Waals surface area contributed by atoms with Gasteiger partial charge in [0, 0.05) is 35.8 Å². The van der Waals surface area contributed by atoms with E-state index in [0.29, 0.717) is 23.6 Å². The molecular formula is C33H29FN4O3. The summed E-state index contributed by atoms with van der Waals surface area (Å²) in [6.07, 6.45) is 2.96. The SMILES string of the molecule is COc1cc(-c2cccc(OCc3ccc(C#N)cc3F)n2)ccc1Cc1nc2ccccc2n1CC1CCCO1. The van der Waals surface area contributed by atoms with Crippen molar-refractivity contribution in [2.24, 2.45) is 0 Å². The maximum Gasteiger partial charge on any atom is 0.214 e. The molecule has 1 fully saturated rings. The first-order chi connectivity index (χ1) is 20.1. The Labute approximate surface area is 237 Å². The van der Waals surface area contributed by atoms with Gasteiger partial charge >= 0.3 is 0 Å². The smallest absolute Gasteiger partial charge is 0.214 e. The van der Waals surface area contributed by atoms with Crippen LogP contribution in [0.25, 0.3) is 22.3 Å². The fourth-order valence-electron chi connectivity index (χ4n) is 5.22. The third kappa shape index (κ3) is 5.76. The number of imidazole rings is 1. The number of aromatic nitrogens is 3. The Hall–Kier alpha value is -4.74. The van der Waals surface area contributed by atoms with Crippen molar-refractivity contribution in [1.82, 2.24) is 14.5 Å². The second-order valence-corrected chi connectivity index (χ2v) is 10.0. The number of nitrogens with zero attached hydrogens (tertiary/aromatic N) is 4. The molecule has 3 heterocycles. The summed E-state index contributed by atoms with van der Waals surface area (Å²) in [5.74, 6) is 1.60. The van der Waals surface area contributed by atoms with Gasteiger partial charge in [-0.05, 0) is 49.2 Å². The zero-order valence-corrected chi connectivity index (χ0v) is 22.7. The van der Waals surface area contributed by atoms with Crippen LogP contribution in [0.4, 0.5) is 4.39 Å². The molecule has 3 aromatic carbocycles. The highest BCUT2D eigenvalue weighted by atomic mass is 19.1. The van der Waals surface area contributed by atoms with Crippen molar-refractivity contribution in [3.8, 4) is 29.0 Å². The van der Waals surface area contributed by atoms with Crippen LogP contribution in [0.15, 0.2) is 78.9 Å². The van der Waals surface area contributed by atoms with Crippen LogP contribution in [0.2, 0.25) is 0 Å². The molecule has 0 bridgehead atoms. The Morgan fingerprint density at radius 2 is 1.90 bits per heavy atom. The monoisotopic (exact) mass is 548 g/mol. The molecular weight excluding hydrogens is 519 g/mol. The van der Waals surface area contributed by atoms with Crippen molar-refractivity contribution in [2.75, 3.05) is 13.7 Å². The third-order valence-electron chi connectivity index (χ3n) is 7.36. The molecule has 41 heavy (non-hydrogen) atoms. The average molecular weight is 549 g/mol. The van der Waals surface area contributed by atoms with Crippen LogP contribution in [0.1, 0.15) is 35.4 Å². The number of rotatable bonds is 9. The highest BCUT2D eigenvalue weighted by molar-refractivity contribution is 5.76. The molecule has 5 aromatic rings. The lowest BCUT2D eigenvalue weighted by Crippen LogP contribution is -2.17. The van der Waals surface area contributed by atoms with Crippen molar-refractivity contribution in [3.05, 3.63) is 107 Å². The molecule has 0 radical (unpaired) electrons. The Balaban J connectivity index is 1.23. The summed E-state index contributed by atoms with van der Waals surface area (Å²) in [6.45, 7) is 1.59. The molecule has 1 aliphatic rings. The quantitative estimate of drug-likeness (QED) is 0.210. The second-order valence-electron chi connectivity index (χ2n) is 10.0. The fourth-order valence-corrected chi connectivity index (χ4v) is 5.22. The van der Waals surface area contributed by atoms with Crippen LogP contribution in [0.3, 0.4) is 0 Å². The number of hydrogen-bond acceptors (Lipinski definition) is 6. The molecule has 2 aromatic heterocycles. The van der Waals surface area contributed by atoms with E-state index in [0.717, 1.165) is 59.7 Å². The highest BCUT2D eigenvalue weighted by Crippen LogP contribution is 2.30. The van der Waals surface area contributed by atoms with E-state index in [1.807, 2.05) is 54.6 Å². The van der Waals surface area contributed by atoms with E-state index in [9.17, 15) is 4.39 Å². The molecule has 0 N–H and O–H groups in total. The first-order valence-corrected chi connectivity index (χ1v) is 13.6. The molecule has 1 atom stereocenters. The minimum Gasteiger partial charge on any atom is -0.496 e. The van der Waals surface area contributed by atoms with Gasteiger partial charge < -0.3 is 18.8 Å². The standard InChI is InChI=1S/C33H29FN4O3/c1-39-31-17-23(28-8-4-10-33(37-28)41-21-25-12-11-22(19-35)16-27(25)34)13-14-24(31)18-32-36-29-7-2-3-9-30(29)38(32)20-26-6-5-15-40-26/h2-4,7-14,16-17,26H,5-6,15,18,20-21H2,1H3.